The molecule has 0 aromatic heterocycles. The molecule has 0 aliphatic rings. The van der Waals surface area contributed by atoms with Crippen molar-refractivity contribution >= 4 is 17.7 Å². The zero-order chi connectivity index (χ0) is 13.6. The maximum atomic E-state index is 11.5. The Labute approximate surface area is 101 Å². The van der Waals surface area contributed by atoms with Crippen molar-refractivity contribution in [1.29, 1.82) is 0 Å². The SMILES string of the molecule is CCC(C)(C)C(=O)OCOC(=O)C(C)C(C)=O. The fourth-order valence-electron chi connectivity index (χ4n) is 0.772. The van der Waals surface area contributed by atoms with E-state index < -0.39 is 30.1 Å². The number of carbonyl (C=O) groups excluding carboxylic acids is 3. The van der Waals surface area contributed by atoms with Crippen LogP contribution >= 0.6 is 0 Å². The van der Waals surface area contributed by atoms with E-state index >= 15 is 0 Å². The molecule has 0 bridgehead atoms. The maximum absolute atomic E-state index is 11.5. The zero-order valence-electron chi connectivity index (χ0n) is 11.0. The summed E-state index contributed by atoms with van der Waals surface area (Å²) >= 11 is 0. The molecule has 0 aliphatic heterocycles. The van der Waals surface area contributed by atoms with E-state index in [9.17, 15) is 14.4 Å². The van der Waals surface area contributed by atoms with Gasteiger partial charge in [0.1, 0.15) is 11.7 Å². The summed E-state index contributed by atoms with van der Waals surface area (Å²) in [5.74, 6) is -2.22. The number of ether oxygens (including phenoxy) is 2. The Morgan fingerprint density at radius 1 is 1.18 bits per heavy atom. The van der Waals surface area contributed by atoms with Crippen LogP contribution in [0.5, 0.6) is 0 Å². The normalized spacial score (nSPS) is 12.8. The van der Waals surface area contributed by atoms with Crippen molar-refractivity contribution in [1.82, 2.24) is 0 Å². The molecule has 0 spiro atoms. The minimum atomic E-state index is -0.826. The van der Waals surface area contributed by atoms with Gasteiger partial charge in [0, 0.05) is 0 Å². The largest absolute Gasteiger partial charge is 0.427 e. The van der Waals surface area contributed by atoms with Gasteiger partial charge in [-0.1, -0.05) is 6.92 Å². The van der Waals surface area contributed by atoms with Crippen LogP contribution in [-0.2, 0) is 23.9 Å². The molecule has 0 aliphatic carbocycles. The van der Waals surface area contributed by atoms with Gasteiger partial charge >= 0.3 is 11.9 Å². The lowest BCUT2D eigenvalue weighted by Crippen LogP contribution is -2.28. The highest BCUT2D eigenvalue weighted by molar-refractivity contribution is 5.97. The monoisotopic (exact) mass is 244 g/mol. The molecule has 0 aromatic carbocycles. The lowest BCUT2D eigenvalue weighted by atomic mass is 9.91. The lowest BCUT2D eigenvalue weighted by Gasteiger charge is -2.20. The molecule has 0 saturated carbocycles. The predicted molar refractivity (Wildman–Crippen MR) is 61.0 cm³/mol. The van der Waals surface area contributed by atoms with E-state index in [1.54, 1.807) is 13.8 Å². The number of hydrogen-bond acceptors (Lipinski definition) is 5. The molecule has 5 nitrogen and oxygen atoms in total. The highest BCUT2D eigenvalue weighted by Crippen LogP contribution is 2.21. The minimum absolute atomic E-state index is 0.282. The summed E-state index contributed by atoms with van der Waals surface area (Å²) in [6.45, 7) is 7.66. The van der Waals surface area contributed by atoms with Gasteiger partial charge in [0.25, 0.3) is 0 Å². The predicted octanol–water partition coefficient (Wildman–Crippen LogP) is 1.69. The first-order chi connectivity index (χ1) is 7.72. The van der Waals surface area contributed by atoms with E-state index in [2.05, 4.69) is 4.74 Å². The molecule has 0 fully saturated rings. The molecule has 1 atom stereocenters. The van der Waals surface area contributed by atoms with E-state index in [-0.39, 0.29) is 5.78 Å². The van der Waals surface area contributed by atoms with Crippen molar-refractivity contribution in [3.63, 3.8) is 0 Å². The van der Waals surface area contributed by atoms with Gasteiger partial charge in [0.15, 0.2) is 0 Å². The van der Waals surface area contributed by atoms with Crippen molar-refractivity contribution in [3.05, 3.63) is 0 Å². The number of rotatable bonds is 6. The van der Waals surface area contributed by atoms with Crippen LogP contribution in [0.25, 0.3) is 0 Å². The number of ketones is 1. The molecule has 1 unspecified atom stereocenters. The first kappa shape index (κ1) is 15.6. The Morgan fingerprint density at radius 2 is 1.71 bits per heavy atom. The molecule has 17 heavy (non-hydrogen) atoms. The zero-order valence-corrected chi connectivity index (χ0v) is 11.0. The van der Waals surface area contributed by atoms with Crippen molar-refractivity contribution in [3.8, 4) is 0 Å². The second kappa shape index (κ2) is 6.37. The van der Waals surface area contributed by atoms with Crippen LogP contribution in [-0.4, -0.2) is 24.5 Å². The van der Waals surface area contributed by atoms with Crippen molar-refractivity contribution in [2.75, 3.05) is 6.79 Å². The summed E-state index contributed by atoms with van der Waals surface area (Å²) in [5.41, 5.74) is -0.599. The van der Waals surface area contributed by atoms with E-state index in [1.807, 2.05) is 6.92 Å². The molecule has 0 radical (unpaired) electrons. The Kier molecular flexibility index (Phi) is 5.85. The summed E-state index contributed by atoms with van der Waals surface area (Å²) < 4.78 is 9.48. The average molecular weight is 244 g/mol. The highest BCUT2D eigenvalue weighted by atomic mass is 16.7. The molecule has 98 valence electrons. The Balaban J connectivity index is 4.05. The summed E-state index contributed by atoms with van der Waals surface area (Å²) in [6, 6.07) is 0. The maximum Gasteiger partial charge on any atom is 0.319 e. The van der Waals surface area contributed by atoms with Gasteiger partial charge in [-0.05, 0) is 34.1 Å². The third-order valence-electron chi connectivity index (χ3n) is 2.79. The smallest absolute Gasteiger partial charge is 0.319 e. The second-order valence-corrected chi connectivity index (χ2v) is 4.58. The van der Waals surface area contributed by atoms with Gasteiger partial charge in [-0.25, -0.2) is 0 Å². The van der Waals surface area contributed by atoms with Crippen LogP contribution < -0.4 is 0 Å². The van der Waals surface area contributed by atoms with Crippen molar-refractivity contribution in [2.24, 2.45) is 11.3 Å². The molecule has 0 aromatic rings. The van der Waals surface area contributed by atoms with Crippen LogP contribution in [0.15, 0.2) is 0 Å². The summed E-state index contributed by atoms with van der Waals surface area (Å²) in [5, 5.41) is 0. The number of Topliss-reactive ketones (excluding diaryl/α,β-unsaturated/α-hetero) is 1. The molecular formula is C12H20O5. The lowest BCUT2D eigenvalue weighted by molar-refractivity contribution is -0.176. The van der Waals surface area contributed by atoms with Crippen molar-refractivity contribution in [2.45, 2.75) is 41.0 Å². The molecule has 0 rings (SSSR count). The Morgan fingerprint density at radius 3 is 2.12 bits per heavy atom. The molecular weight excluding hydrogens is 224 g/mol. The topological polar surface area (TPSA) is 69.7 Å². The highest BCUT2D eigenvalue weighted by Gasteiger charge is 2.27. The summed E-state index contributed by atoms with van der Waals surface area (Å²) in [7, 11) is 0. The first-order valence-electron chi connectivity index (χ1n) is 5.56. The molecule has 0 saturated heterocycles. The minimum Gasteiger partial charge on any atom is -0.427 e. The van der Waals surface area contributed by atoms with Gasteiger partial charge < -0.3 is 9.47 Å². The van der Waals surface area contributed by atoms with E-state index in [0.29, 0.717) is 6.42 Å². The summed E-state index contributed by atoms with van der Waals surface area (Å²) in [6.07, 6.45) is 0.629. The standard InChI is InChI=1S/C12H20O5/c1-6-12(4,5)11(15)17-7-16-10(14)8(2)9(3)13/h8H,6-7H2,1-5H3. The van der Waals surface area contributed by atoms with Crippen LogP contribution in [0, 0.1) is 11.3 Å². The first-order valence-corrected chi connectivity index (χ1v) is 5.56. The van der Waals surface area contributed by atoms with Crippen LogP contribution in [0.4, 0.5) is 0 Å². The van der Waals surface area contributed by atoms with Crippen LogP contribution in [0.2, 0.25) is 0 Å². The van der Waals surface area contributed by atoms with Crippen molar-refractivity contribution < 1.29 is 23.9 Å². The average Bonchev–Trinajstić information content (AvgIpc) is 2.27. The van der Waals surface area contributed by atoms with E-state index in [0.717, 1.165) is 0 Å². The van der Waals surface area contributed by atoms with Gasteiger partial charge in [0.05, 0.1) is 5.41 Å². The van der Waals surface area contributed by atoms with Gasteiger partial charge in [-0.2, -0.15) is 0 Å². The molecule has 0 heterocycles. The Bertz CT molecular complexity index is 306. The van der Waals surface area contributed by atoms with Crippen LogP contribution in [0.3, 0.4) is 0 Å². The third-order valence-corrected chi connectivity index (χ3v) is 2.79. The fourth-order valence-corrected chi connectivity index (χ4v) is 0.772. The van der Waals surface area contributed by atoms with Crippen LogP contribution in [0.1, 0.15) is 41.0 Å². The number of esters is 2. The number of carbonyl (C=O) groups is 3. The van der Waals surface area contributed by atoms with Gasteiger partial charge in [-0.3, -0.25) is 14.4 Å². The van der Waals surface area contributed by atoms with Gasteiger partial charge in [0.2, 0.25) is 6.79 Å². The third kappa shape index (κ3) is 4.97. The molecule has 0 amide bonds. The van der Waals surface area contributed by atoms with E-state index in [4.69, 9.17) is 4.74 Å². The molecule has 5 heteroatoms. The molecule has 0 N–H and O–H groups in total. The summed E-state index contributed by atoms with van der Waals surface area (Å²) in [4.78, 5) is 33.6. The Hall–Kier alpha value is -1.39. The number of hydrogen-bond donors (Lipinski definition) is 0. The van der Waals surface area contributed by atoms with E-state index in [1.165, 1.54) is 13.8 Å². The van der Waals surface area contributed by atoms with Gasteiger partial charge in [-0.15, -0.1) is 0 Å². The second-order valence-electron chi connectivity index (χ2n) is 4.58. The fraction of sp³-hybridized carbons (Fsp3) is 0.750. The quantitative estimate of drug-likeness (QED) is 0.404.